The number of benzene rings is 1. The predicted molar refractivity (Wildman–Crippen MR) is 177 cm³/mol. The van der Waals surface area contributed by atoms with E-state index in [2.05, 4.69) is 10.6 Å². The largest absolute Gasteiger partial charge is 0.497 e. The molecule has 10 atom stereocenters. The highest BCUT2D eigenvalue weighted by molar-refractivity contribution is 5.75. The first kappa shape index (κ1) is 43.7. The second-order valence-electron chi connectivity index (χ2n) is 12.1. The molecule has 0 aromatic heterocycles. The molecule has 2 saturated heterocycles. The third-order valence-electron chi connectivity index (χ3n) is 7.58. The molecule has 21 nitrogen and oxygen atoms in total. The number of hydrogen-bond donors (Lipinski definition) is 2. The van der Waals surface area contributed by atoms with Gasteiger partial charge in [0.15, 0.2) is 30.6 Å². The van der Waals surface area contributed by atoms with Crippen LogP contribution >= 0.6 is 0 Å². The average Bonchev–Trinajstić information content (AvgIpc) is 3.07. The molecule has 2 heterocycles. The van der Waals surface area contributed by atoms with Crippen molar-refractivity contribution in [2.24, 2.45) is 0 Å². The highest BCUT2D eigenvalue weighted by Gasteiger charge is 2.55. The van der Waals surface area contributed by atoms with Crippen molar-refractivity contribution in [2.45, 2.75) is 110 Å². The van der Waals surface area contributed by atoms with Crippen molar-refractivity contribution in [3.8, 4) is 11.5 Å². The SMILES string of the molecule is COc1ccc(O[C@H]2O[C@H](COC(C)=O)[C@@H](NC(=O)N[C@@H]3O[C@H](COC(C)=O)[C@@H](OC(C)=O)[C@H](OC(C)=O)[C@H]3OC(C)=O)[C@H](OC(C)=O)[C@H]2OC(C)=O)cc1. The molecule has 0 radical (unpaired) electrons. The Hall–Kier alpha value is -5.70. The molecule has 1 aromatic rings. The summed E-state index contributed by atoms with van der Waals surface area (Å²) in [6, 6.07) is 3.55. The van der Waals surface area contributed by atoms with E-state index in [1.54, 1.807) is 12.1 Å². The molecule has 0 aliphatic carbocycles. The first-order valence-corrected chi connectivity index (χ1v) is 16.7. The number of amides is 2. The smallest absolute Gasteiger partial charge is 0.317 e. The van der Waals surface area contributed by atoms with Crippen LogP contribution in [-0.2, 0) is 76.2 Å². The zero-order chi connectivity index (χ0) is 41.0. The van der Waals surface area contributed by atoms with Crippen molar-refractivity contribution in [1.29, 1.82) is 0 Å². The molecular weight excluding hydrogens is 740 g/mol. The summed E-state index contributed by atoms with van der Waals surface area (Å²) in [4.78, 5) is 98.8. The topological polar surface area (TPSA) is 262 Å². The minimum Gasteiger partial charge on any atom is -0.497 e. The Kier molecular flexibility index (Phi) is 16.0. The molecule has 0 spiro atoms. The number of ether oxygens (including phenoxy) is 11. The number of hydrogen-bond acceptors (Lipinski definition) is 19. The second-order valence-corrected chi connectivity index (χ2v) is 12.1. The minimum absolute atomic E-state index is 0.198. The van der Waals surface area contributed by atoms with Crippen molar-refractivity contribution < 1.29 is 90.5 Å². The lowest BCUT2D eigenvalue weighted by Gasteiger charge is -2.46. The van der Waals surface area contributed by atoms with E-state index in [1.165, 1.54) is 19.2 Å². The number of urea groups is 1. The van der Waals surface area contributed by atoms with Crippen molar-refractivity contribution >= 4 is 47.8 Å². The van der Waals surface area contributed by atoms with Gasteiger partial charge in [-0.25, -0.2) is 4.79 Å². The predicted octanol–water partition coefficient (Wildman–Crippen LogP) is -0.0237. The Morgan fingerprint density at radius 1 is 0.527 bits per heavy atom. The molecular formula is C34H44N2O19. The maximum absolute atomic E-state index is 13.9. The Morgan fingerprint density at radius 3 is 1.49 bits per heavy atom. The molecule has 21 heteroatoms. The normalized spacial score (nSPS) is 27.1. The van der Waals surface area contributed by atoms with Crippen LogP contribution < -0.4 is 20.1 Å². The van der Waals surface area contributed by atoms with Crippen LogP contribution in [0.4, 0.5) is 4.79 Å². The molecule has 55 heavy (non-hydrogen) atoms. The fourth-order valence-electron chi connectivity index (χ4n) is 5.62. The third-order valence-corrected chi connectivity index (χ3v) is 7.58. The maximum atomic E-state index is 13.9. The van der Waals surface area contributed by atoms with Crippen LogP contribution in [0.3, 0.4) is 0 Å². The van der Waals surface area contributed by atoms with Gasteiger partial charge in [-0.3, -0.25) is 33.6 Å². The van der Waals surface area contributed by atoms with Crippen LogP contribution in [0.25, 0.3) is 0 Å². The molecule has 2 N–H and O–H groups in total. The summed E-state index contributed by atoms with van der Waals surface area (Å²) in [6.45, 7) is 6.27. The van der Waals surface area contributed by atoms with E-state index in [4.69, 9.17) is 52.1 Å². The number of nitrogens with one attached hydrogen (secondary N) is 2. The average molecular weight is 785 g/mol. The summed E-state index contributed by atoms with van der Waals surface area (Å²) in [7, 11) is 1.46. The minimum atomic E-state index is -1.71. The Labute approximate surface area is 314 Å². The van der Waals surface area contributed by atoms with Crippen LogP contribution in [0.5, 0.6) is 11.5 Å². The Bertz CT molecular complexity index is 1570. The van der Waals surface area contributed by atoms with E-state index in [-0.39, 0.29) is 5.75 Å². The van der Waals surface area contributed by atoms with Gasteiger partial charge in [0.1, 0.15) is 43.0 Å². The van der Waals surface area contributed by atoms with Gasteiger partial charge in [0, 0.05) is 48.5 Å². The maximum Gasteiger partial charge on any atom is 0.317 e. The quantitative estimate of drug-likeness (QED) is 0.185. The molecule has 0 saturated carbocycles. The van der Waals surface area contributed by atoms with Gasteiger partial charge in [0.2, 0.25) is 12.4 Å². The lowest BCUT2D eigenvalue weighted by Crippen LogP contribution is -2.70. The molecule has 0 bridgehead atoms. The second kappa shape index (κ2) is 20.1. The van der Waals surface area contributed by atoms with Gasteiger partial charge in [0.25, 0.3) is 0 Å². The van der Waals surface area contributed by atoms with Crippen molar-refractivity contribution in [2.75, 3.05) is 20.3 Å². The first-order chi connectivity index (χ1) is 25.9. The summed E-state index contributed by atoms with van der Waals surface area (Å²) in [5.74, 6) is -5.26. The summed E-state index contributed by atoms with van der Waals surface area (Å²) in [5, 5.41) is 4.95. The fourth-order valence-corrected chi connectivity index (χ4v) is 5.62. The van der Waals surface area contributed by atoms with E-state index in [9.17, 15) is 38.4 Å². The van der Waals surface area contributed by atoms with Gasteiger partial charge < -0.3 is 62.7 Å². The fraction of sp³-hybridized carbons (Fsp3) is 0.588. The Balaban J connectivity index is 2.04. The molecule has 0 unspecified atom stereocenters. The first-order valence-electron chi connectivity index (χ1n) is 16.7. The standard InChI is InChI=1S/C34H44N2O19/c1-15(37)46-13-24-26(28(49-18(4)40)31(52-21(7)43)33(55-24)53-23-11-9-22(45-8)10-12-23)35-34(44)36-32-30(51-20(6)42)29(50-19(5)41)27(48-17(3)39)25(54-32)14-47-16(2)38/h9-12,24-33H,13-14H2,1-8H3,(H2,35,36,44)/t24-,25-,26-,27-,28+,29+,30-,31-,32-,33+/m1/s1. The zero-order valence-corrected chi connectivity index (χ0v) is 31.3. The summed E-state index contributed by atoms with van der Waals surface area (Å²) >= 11 is 0. The highest BCUT2D eigenvalue weighted by Crippen LogP contribution is 2.31. The molecule has 3 rings (SSSR count). The number of carbonyl (C=O) groups is 8. The van der Waals surface area contributed by atoms with Crippen LogP contribution in [0.15, 0.2) is 24.3 Å². The lowest BCUT2D eigenvalue weighted by atomic mass is 9.95. The lowest BCUT2D eigenvalue weighted by molar-refractivity contribution is -0.263. The molecule has 2 amide bonds. The van der Waals surface area contributed by atoms with Gasteiger partial charge in [-0.2, -0.15) is 0 Å². The van der Waals surface area contributed by atoms with E-state index in [0.717, 1.165) is 48.5 Å². The van der Waals surface area contributed by atoms with Crippen LogP contribution in [0, 0.1) is 0 Å². The van der Waals surface area contributed by atoms with E-state index in [1.807, 2.05) is 0 Å². The third kappa shape index (κ3) is 13.3. The van der Waals surface area contributed by atoms with Gasteiger partial charge in [0.05, 0.1) is 7.11 Å². The van der Waals surface area contributed by atoms with Crippen LogP contribution in [0.2, 0.25) is 0 Å². The van der Waals surface area contributed by atoms with E-state index in [0.29, 0.717) is 5.75 Å². The monoisotopic (exact) mass is 784 g/mol. The van der Waals surface area contributed by atoms with Crippen LogP contribution in [0.1, 0.15) is 48.5 Å². The molecule has 1 aromatic carbocycles. The Morgan fingerprint density at radius 2 is 0.982 bits per heavy atom. The zero-order valence-electron chi connectivity index (χ0n) is 31.3. The van der Waals surface area contributed by atoms with Crippen LogP contribution in [-0.4, -0.2) is 129 Å². The van der Waals surface area contributed by atoms with Crippen molar-refractivity contribution in [1.82, 2.24) is 10.6 Å². The summed E-state index contributed by atoms with van der Waals surface area (Å²) < 4.78 is 60.6. The van der Waals surface area contributed by atoms with Gasteiger partial charge in [-0.1, -0.05) is 0 Å². The number of carbonyl (C=O) groups excluding carboxylic acids is 8. The van der Waals surface area contributed by atoms with Crippen molar-refractivity contribution in [3.63, 3.8) is 0 Å². The highest BCUT2D eigenvalue weighted by atomic mass is 16.7. The van der Waals surface area contributed by atoms with Gasteiger partial charge in [-0.15, -0.1) is 0 Å². The van der Waals surface area contributed by atoms with Crippen molar-refractivity contribution in [3.05, 3.63) is 24.3 Å². The van der Waals surface area contributed by atoms with E-state index < -0.39 is 122 Å². The van der Waals surface area contributed by atoms with E-state index >= 15 is 0 Å². The van der Waals surface area contributed by atoms with Gasteiger partial charge >= 0.3 is 47.8 Å². The summed E-state index contributed by atoms with van der Waals surface area (Å²) in [6.07, 6.45) is -13.9. The molecule has 2 aliphatic heterocycles. The van der Waals surface area contributed by atoms with Gasteiger partial charge in [-0.05, 0) is 24.3 Å². The molecule has 2 aliphatic rings. The summed E-state index contributed by atoms with van der Waals surface area (Å²) in [5.41, 5.74) is 0. The number of methoxy groups -OCH3 is 1. The molecule has 304 valence electrons. The number of rotatable bonds is 14. The number of esters is 7. The molecule has 2 fully saturated rings.